The largest absolute Gasteiger partial charge is 0.492 e. The number of nitrogens with zero attached hydrogens (tertiary/aromatic N) is 1. The van der Waals surface area contributed by atoms with Crippen LogP contribution in [0.1, 0.15) is 32.1 Å². The van der Waals surface area contributed by atoms with Crippen molar-refractivity contribution in [3.8, 4) is 5.75 Å². The number of nitrogens with one attached hydrogen (secondary N) is 1. The second kappa shape index (κ2) is 8.99. The highest BCUT2D eigenvalue weighted by Gasteiger charge is 2.22. The van der Waals surface area contributed by atoms with Gasteiger partial charge in [0.15, 0.2) is 0 Å². The number of ether oxygens (including phenoxy) is 1. The van der Waals surface area contributed by atoms with Crippen molar-refractivity contribution >= 4 is 5.91 Å². The highest BCUT2D eigenvalue weighted by atomic mass is 19.1. The summed E-state index contributed by atoms with van der Waals surface area (Å²) in [6.45, 7) is 3.39. The van der Waals surface area contributed by atoms with E-state index in [0.717, 1.165) is 45.3 Å². The summed E-state index contributed by atoms with van der Waals surface area (Å²) in [7, 11) is 0. The van der Waals surface area contributed by atoms with E-state index < -0.39 is 0 Å². The summed E-state index contributed by atoms with van der Waals surface area (Å²) in [6.07, 6.45) is 9.16. The summed E-state index contributed by atoms with van der Waals surface area (Å²) in [5.41, 5.74) is 0. The number of allylic oxidation sites excluding steroid dienone is 2. The number of likely N-dealkylation sites (tertiary alicyclic amines) is 1. The number of carbonyl (C=O) groups is 1. The van der Waals surface area contributed by atoms with E-state index in [1.54, 1.807) is 12.1 Å². The van der Waals surface area contributed by atoms with Gasteiger partial charge in [0.05, 0.1) is 0 Å². The minimum Gasteiger partial charge on any atom is -0.492 e. The summed E-state index contributed by atoms with van der Waals surface area (Å²) in [6, 6.07) is 6.41. The summed E-state index contributed by atoms with van der Waals surface area (Å²) in [5, 5.41) is 3.19. The first-order chi connectivity index (χ1) is 12.2. The Morgan fingerprint density at radius 1 is 1.20 bits per heavy atom. The molecule has 1 fully saturated rings. The molecule has 0 spiro atoms. The molecule has 0 aromatic heterocycles. The van der Waals surface area contributed by atoms with Crippen LogP contribution in [0.3, 0.4) is 0 Å². The summed E-state index contributed by atoms with van der Waals surface area (Å²) in [5.74, 6) is 1.07. The average molecular weight is 346 g/mol. The third-order valence-corrected chi connectivity index (χ3v) is 5.00. The standard InChI is InChI=1S/C20H27FN2O2/c21-17-5-7-19(8-6-17)25-14-13-23-11-9-18(10-12-23)22-20(24)15-16-3-1-2-4-16/h1,3,5-8,16,18H,2,4,9-15H2,(H,22,24)/t16-/m1/s1. The minimum absolute atomic E-state index is 0.189. The second-order valence-corrected chi connectivity index (χ2v) is 6.96. The van der Waals surface area contributed by atoms with E-state index in [0.29, 0.717) is 30.7 Å². The van der Waals surface area contributed by atoms with Crippen LogP contribution in [0.2, 0.25) is 0 Å². The van der Waals surface area contributed by atoms with Gasteiger partial charge in [-0.2, -0.15) is 0 Å². The highest BCUT2D eigenvalue weighted by molar-refractivity contribution is 5.76. The molecule has 2 aliphatic rings. The lowest BCUT2D eigenvalue weighted by molar-refractivity contribution is -0.122. The molecule has 0 saturated carbocycles. The maximum Gasteiger partial charge on any atom is 0.220 e. The molecule has 1 N–H and O–H groups in total. The predicted molar refractivity (Wildman–Crippen MR) is 96.0 cm³/mol. The van der Waals surface area contributed by atoms with Crippen molar-refractivity contribution in [3.05, 3.63) is 42.2 Å². The summed E-state index contributed by atoms with van der Waals surface area (Å²) in [4.78, 5) is 14.4. The fraction of sp³-hybridized carbons (Fsp3) is 0.550. The third-order valence-electron chi connectivity index (χ3n) is 5.00. The zero-order chi connectivity index (χ0) is 17.5. The number of carbonyl (C=O) groups excluding carboxylic acids is 1. The number of amides is 1. The summed E-state index contributed by atoms with van der Waals surface area (Å²) >= 11 is 0. The van der Waals surface area contributed by atoms with E-state index in [9.17, 15) is 9.18 Å². The fourth-order valence-electron chi connectivity index (χ4n) is 3.51. The highest BCUT2D eigenvalue weighted by Crippen LogP contribution is 2.20. The molecule has 1 aliphatic heterocycles. The lowest BCUT2D eigenvalue weighted by atomic mass is 10.0. The lowest BCUT2D eigenvalue weighted by Crippen LogP contribution is -2.45. The molecule has 1 saturated heterocycles. The molecule has 1 aliphatic carbocycles. The number of halogens is 1. The van der Waals surface area contributed by atoms with Crippen molar-refractivity contribution in [2.75, 3.05) is 26.2 Å². The van der Waals surface area contributed by atoms with Gasteiger partial charge in [0.2, 0.25) is 5.91 Å². The van der Waals surface area contributed by atoms with E-state index in [-0.39, 0.29) is 11.7 Å². The van der Waals surface area contributed by atoms with Crippen molar-refractivity contribution in [3.63, 3.8) is 0 Å². The van der Waals surface area contributed by atoms with Gasteiger partial charge in [-0.3, -0.25) is 9.69 Å². The second-order valence-electron chi connectivity index (χ2n) is 6.96. The van der Waals surface area contributed by atoms with Gasteiger partial charge < -0.3 is 10.1 Å². The Balaban J connectivity index is 1.29. The number of benzene rings is 1. The Morgan fingerprint density at radius 3 is 2.64 bits per heavy atom. The van der Waals surface area contributed by atoms with Gasteiger partial charge in [-0.25, -0.2) is 4.39 Å². The molecule has 1 aromatic carbocycles. The van der Waals surface area contributed by atoms with Crippen molar-refractivity contribution in [2.24, 2.45) is 5.92 Å². The van der Waals surface area contributed by atoms with Gasteiger partial charge in [-0.15, -0.1) is 0 Å². The molecule has 5 heteroatoms. The van der Waals surface area contributed by atoms with Crippen LogP contribution in [-0.2, 0) is 4.79 Å². The van der Waals surface area contributed by atoms with Crippen LogP contribution in [0, 0.1) is 11.7 Å². The minimum atomic E-state index is -0.250. The number of hydrogen-bond acceptors (Lipinski definition) is 3. The van der Waals surface area contributed by atoms with E-state index in [4.69, 9.17) is 4.74 Å². The van der Waals surface area contributed by atoms with Gasteiger partial charge in [0.1, 0.15) is 18.2 Å². The van der Waals surface area contributed by atoms with Crippen molar-refractivity contribution < 1.29 is 13.9 Å². The molecule has 1 atom stereocenters. The quantitative estimate of drug-likeness (QED) is 0.771. The molecule has 1 heterocycles. The molecule has 0 unspecified atom stereocenters. The maximum atomic E-state index is 12.8. The lowest BCUT2D eigenvalue weighted by Gasteiger charge is -2.32. The predicted octanol–water partition coefficient (Wildman–Crippen LogP) is 3.14. The van der Waals surface area contributed by atoms with E-state index in [1.165, 1.54) is 12.1 Å². The Labute approximate surface area is 149 Å². The number of rotatable bonds is 7. The molecule has 136 valence electrons. The van der Waals surface area contributed by atoms with Gasteiger partial charge >= 0.3 is 0 Å². The Bertz CT molecular complexity index is 580. The van der Waals surface area contributed by atoms with E-state index >= 15 is 0 Å². The number of hydrogen-bond donors (Lipinski definition) is 1. The monoisotopic (exact) mass is 346 g/mol. The van der Waals surface area contributed by atoms with Gasteiger partial charge in [-0.1, -0.05) is 12.2 Å². The van der Waals surface area contributed by atoms with Crippen LogP contribution in [-0.4, -0.2) is 43.1 Å². The Hall–Kier alpha value is -1.88. The maximum absolute atomic E-state index is 12.8. The van der Waals surface area contributed by atoms with Crippen LogP contribution in [0.25, 0.3) is 0 Å². The smallest absolute Gasteiger partial charge is 0.220 e. The Kier molecular flexibility index (Phi) is 6.45. The molecule has 1 aromatic rings. The number of piperidine rings is 1. The molecule has 0 bridgehead atoms. The van der Waals surface area contributed by atoms with Crippen molar-refractivity contribution in [1.82, 2.24) is 10.2 Å². The van der Waals surface area contributed by atoms with Crippen molar-refractivity contribution in [2.45, 2.75) is 38.1 Å². The molecule has 4 nitrogen and oxygen atoms in total. The van der Waals surface area contributed by atoms with Gasteiger partial charge in [0.25, 0.3) is 0 Å². The van der Waals surface area contributed by atoms with E-state index in [2.05, 4.69) is 22.4 Å². The average Bonchev–Trinajstić information content (AvgIpc) is 3.11. The third kappa shape index (κ3) is 5.85. The molecule has 25 heavy (non-hydrogen) atoms. The fourth-order valence-corrected chi connectivity index (χ4v) is 3.51. The molecule has 3 rings (SSSR count). The molecule has 1 amide bonds. The molecular weight excluding hydrogens is 319 g/mol. The molecule has 0 radical (unpaired) electrons. The summed E-state index contributed by atoms with van der Waals surface area (Å²) < 4.78 is 18.5. The zero-order valence-electron chi connectivity index (χ0n) is 14.6. The van der Waals surface area contributed by atoms with Crippen molar-refractivity contribution in [1.29, 1.82) is 0 Å². The molecular formula is C20H27FN2O2. The normalized spacial score (nSPS) is 21.4. The Morgan fingerprint density at radius 2 is 1.96 bits per heavy atom. The first-order valence-corrected chi connectivity index (χ1v) is 9.26. The van der Waals surface area contributed by atoms with Gasteiger partial charge in [-0.05, 0) is 55.9 Å². The van der Waals surface area contributed by atoms with Crippen LogP contribution in [0.5, 0.6) is 5.75 Å². The first-order valence-electron chi connectivity index (χ1n) is 9.26. The zero-order valence-corrected chi connectivity index (χ0v) is 14.6. The van der Waals surface area contributed by atoms with Crippen LogP contribution in [0.4, 0.5) is 4.39 Å². The SMILES string of the molecule is O=C(C[C@@H]1C=CCC1)NC1CCN(CCOc2ccc(F)cc2)CC1. The van der Waals surface area contributed by atoms with Crippen LogP contribution in [0.15, 0.2) is 36.4 Å². The first kappa shape index (κ1) is 17.9. The van der Waals surface area contributed by atoms with E-state index in [1.807, 2.05) is 0 Å². The topological polar surface area (TPSA) is 41.6 Å². The van der Waals surface area contributed by atoms with Crippen LogP contribution < -0.4 is 10.1 Å². The van der Waals surface area contributed by atoms with Gasteiger partial charge in [0, 0.05) is 32.1 Å². The van der Waals surface area contributed by atoms with Crippen LogP contribution >= 0.6 is 0 Å².